The van der Waals surface area contributed by atoms with E-state index in [0.29, 0.717) is 13.0 Å². The highest BCUT2D eigenvalue weighted by Crippen LogP contribution is 2.23. The lowest BCUT2D eigenvalue weighted by molar-refractivity contribution is -0.142. The van der Waals surface area contributed by atoms with Crippen molar-refractivity contribution in [2.45, 2.75) is 63.5 Å². The number of carbonyl (C=O) groups excluding carboxylic acids is 1. The lowest BCUT2D eigenvalue weighted by Crippen LogP contribution is -2.47. The summed E-state index contributed by atoms with van der Waals surface area (Å²) in [7, 11) is 0. The summed E-state index contributed by atoms with van der Waals surface area (Å²) in [5.74, 6) is -1.27. The first kappa shape index (κ1) is 16.1. The topological polar surface area (TPSA) is 87.7 Å². The van der Waals surface area contributed by atoms with Crippen LogP contribution in [0.2, 0.25) is 0 Å². The van der Waals surface area contributed by atoms with Gasteiger partial charge in [-0.05, 0) is 32.1 Å². The highest BCUT2D eigenvalue weighted by molar-refractivity contribution is 5.76. The van der Waals surface area contributed by atoms with Crippen molar-refractivity contribution in [1.29, 1.82) is 0 Å². The Kier molecular flexibility index (Phi) is 6.29. The molecule has 1 aliphatic heterocycles. The Morgan fingerprint density at radius 3 is 2.62 bits per heavy atom. The van der Waals surface area contributed by atoms with Gasteiger partial charge in [0.05, 0.1) is 12.0 Å². The van der Waals surface area contributed by atoms with E-state index in [1.54, 1.807) is 0 Å². The molecule has 3 atom stereocenters. The van der Waals surface area contributed by atoms with Crippen LogP contribution in [0, 0.1) is 5.92 Å². The molecule has 3 unspecified atom stereocenters. The number of ether oxygens (including phenoxy) is 1. The van der Waals surface area contributed by atoms with Crippen LogP contribution >= 0.6 is 0 Å². The molecule has 3 N–H and O–H groups in total. The van der Waals surface area contributed by atoms with Crippen molar-refractivity contribution in [3.05, 3.63) is 0 Å². The molecule has 0 aromatic heterocycles. The number of hydrogen-bond donors (Lipinski definition) is 3. The minimum Gasteiger partial charge on any atom is -0.481 e. The quantitative estimate of drug-likeness (QED) is 0.676. The van der Waals surface area contributed by atoms with Gasteiger partial charge < -0.3 is 20.5 Å². The van der Waals surface area contributed by atoms with Crippen molar-refractivity contribution < 1.29 is 19.4 Å². The molecule has 120 valence electrons. The molecule has 1 aliphatic carbocycles. The summed E-state index contributed by atoms with van der Waals surface area (Å²) in [5, 5.41) is 14.9. The van der Waals surface area contributed by atoms with Gasteiger partial charge in [-0.3, -0.25) is 4.79 Å². The van der Waals surface area contributed by atoms with Gasteiger partial charge in [-0.15, -0.1) is 0 Å². The molecule has 2 amide bonds. The Bertz CT molecular complexity index is 356. The third-order valence-electron chi connectivity index (χ3n) is 4.43. The molecule has 0 radical (unpaired) electrons. The molecule has 2 fully saturated rings. The zero-order valence-electron chi connectivity index (χ0n) is 12.5. The molecular formula is C15H26N2O4. The van der Waals surface area contributed by atoms with E-state index < -0.39 is 11.9 Å². The number of carbonyl (C=O) groups is 2. The maximum Gasteiger partial charge on any atom is 0.315 e. The van der Waals surface area contributed by atoms with Crippen LogP contribution in [-0.2, 0) is 9.53 Å². The van der Waals surface area contributed by atoms with E-state index in [1.165, 1.54) is 0 Å². The van der Waals surface area contributed by atoms with Crippen LogP contribution in [0.4, 0.5) is 4.79 Å². The summed E-state index contributed by atoms with van der Waals surface area (Å²) in [6.45, 7) is 1.39. The van der Waals surface area contributed by atoms with Gasteiger partial charge >= 0.3 is 12.0 Å². The maximum absolute atomic E-state index is 11.9. The average Bonchev–Trinajstić information content (AvgIpc) is 2.84. The van der Waals surface area contributed by atoms with Gasteiger partial charge in [0.1, 0.15) is 0 Å². The molecule has 6 heteroatoms. The SMILES string of the molecule is O=C(NCCC1CCCO1)NC1CCCCCC1C(=O)O. The van der Waals surface area contributed by atoms with E-state index in [-0.39, 0.29) is 18.2 Å². The predicted molar refractivity (Wildman–Crippen MR) is 78.1 cm³/mol. The number of amides is 2. The Morgan fingerprint density at radius 2 is 1.90 bits per heavy atom. The number of carboxylic acid groups (broad SMARTS) is 1. The number of hydrogen-bond acceptors (Lipinski definition) is 3. The molecule has 2 aliphatic rings. The molecule has 1 saturated heterocycles. The lowest BCUT2D eigenvalue weighted by Gasteiger charge is -2.23. The molecule has 0 bridgehead atoms. The van der Waals surface area contributed by atoms with Crippen LogP contribution in [0.1, 0.15) is 51.4 Å². The summed E-state index contributed by atoms with van der Waals surface area (Å²) >= 11 is 0. The van der Waals surface area contributed by atoms with Crippen molar-refractivity contribution in [3.63, 3.8) is 0 Å². The Morgan fingerprint density at radius 1 is 1.10 bits per heavy atom. The molecule has 0 spiro atoms. The van der Waals surface area contributed by atoms with Gasteiger partial charge in [0.15, 0.2) is 0 Å². The average molecular weight is 298 g/mol. The van der Waals surface area contributed by atoms with Gasteiger partial charge in [-0.2, -0.15) is 0 Å². The molecular weight excluding hydrogens is 272 g/mol. The van der Waals surface area contributed by atoms with Crippen molar-refractivity contribution in [2.75, 3.05) is 13.2 Å². The van der Waals surface area contributed by atoms with Crippen LogP contribution in [0.5, 0.6) is 0 Å². The first-order chi connectivity index (χ1) is 10.2. The largest absolute Gasteiger partial charge is 0.481 e. The van der Waals surface area contributed by atoms with Crippen LogP contribution in [0.3, 0.4) is 0 Å². The van der Waals surface area contributed by atoms with Crippen molar-refractivity contribution in [1.82, 2.24) is 10.6 Å². The highest BCUT2D eigenvalue weighted by Gasteiger charge is 2.30. The zero-order chi connectivity index (χ0) is 15.1. The molecule has 2 rings (SSSR count). The number of urea groups is 1. The molecule has 1 saturated carbocycles. The second kappa shape index (κ2) is 8.22. The Labute approximate surface area is 125 Å². The van der Waals surface area contributed by atoms with Crippen LogP contribution in [-0.4, -0.2) is 42.4 Å². The summed E-state index contributed by atoms with van der Waals surface area (Å²) < 4.78 is 5.50. The first-order valence-corrected chi connectivity index (χ1v) is 8.05. The molecule has 6 nitrogen and oxygen atoms in total. The lowest BCUT2D eigenvalue weighted by atomic mass is 9.95. The van der Waals surface area contributed by atoms with E-state index in [0.717, 1.165) is 51.6 Å². The van der Waals surface area contributed by atoms with Crippen LogP contribution in [0.15, 0.2) is 0 Å². The summed E-state index contributed by atoms with van der Waals surface area (Å²) in [4.78, 5) is 23.2. The van der Waals surface area contributed by atoms with E-state index in [1.807, 2.05) is 0 Å². The van der Waals surface area contributed by atoms with Crippen molar-refractivity contribution in [2.24, 2.45) is 5.92 Å². The van der Waals surface area contributed by atoms with Gasteiger partial charge in [-0.25, -0.2) is 4.79 Å². The van der Waals surface area contributed by atoms with Gasteiger partial charge in [-0.1, -0.05) is 19.3 Å². The van der Waals surface area contributed by atoms with E-state index in [9.17, 15) is 14.7 Å². The van der Waals surface area contributed by atoms with Gasteiger partial charge in [0, 0.05) is 19.2 Å². The Balaban J connectivity index is 1.72. The second-order valence-electron chi connectivity index (χ2n) is 6.01. The zero-order valence-corrected chi connectivity index (χ0v) is 12.5. The normalized spacial score (nSPS) is 29.6. The summed E-state index contributed by atoms with van der Waals surface area (Å²) in [5.41, 5.74) is 0. The minimum absolute atomic E-state index is 0.257. The molecule has 1 heterocycles. The van der Waals surface area contributed by atoms with Crippen molar-refractivity contribution >= 4 is 12.0 Å². The monoisotopic (exact) mass is 298 g/mol. The first-order valence-electron chi connectivity index (χ1n) is 8.05. The summed E-state index contributed by atoms with van der Waals surface area (Å²) in [6.07, 6.45) is 7.58. The third-order valence-corrected chi connectivity index (χ3v) is 4.43. The van der Waals surface area contributed by atoms with E-state index >= 15 is 0 Å². The number of rotatable bonds is 5. The molecule has 21 heavy (non-hydrogen) atoms. The molecule has 0 aromatic carbocycles. The highest BCUT2D eigenvalue weighted by atomic mass is 16.5. The third kappa shape index (κ3) is 5.19. The number of carboxylic acids is 1. The predicted octanol–water partition coefficient (Wildman–Crippen LogP) is 1.89. The summed E-state index contributed by atoms with van der Waals surface area (Å²) in [6, 6.07) is -0.515. The standard InChI is InChI=1S/C15H26N2O4/c18-14(19)12-6-2-1-3-7-13(12)17-15(20)16-9-8-11-5-4-10-21-11/h11-13H,1-10H2,(H,18,19)(H2,16,17,20). The minimum atomic E-state index is -0.804. The Hall–Kier alpha value is -1.30. The van der Waals surface area contributed by atoms with Gasteiger partial charge in [0.2, 0.25) is 0 Å². The fourth-order valence-corrected chi connectivity index (χ4v) is 3.21. The smallest absolute Gasteiger partial charge is 0.315 e. The fourth-order valence-electron chi connectivity index (χ4n) is 3.21. The molecule has 0 aromatic rings. The van der Waals surface area contributed by atoms with Crippen LogP contribution in [0.25, 0.3) is 0 Å². The van der Waals surface area contributed by atoms with Crippen molar-refractivity contribution in [3.8, 4) is 0 Å². The fraction of sp³-hybridized carbons (Fsp3) is 0.867. The van der Waals surface area contributed by atoms with Gasteiger partial charge in [0.25, 0.3) is 0 Å². The van der Waals surface area contributed by atoms with E-state index in [2.05, 4.69) is 10.6 Å². The van der Waals surface area contributed by atoms with E-state index in [4.69, 9.17) is 4.74 Å². The maximum atomic E-state index is 11.9. The second-order valence-corrected chi connectivity index (χ2v) is 6.01. The number of aliphatic carboxylic acids is 1. The number of nitrogens with one attached hydrogen (secondary N) is 2. The van der Waals surface area contributed by atoms with Crippen LogP contribution < -0.4 is 10.6 Å².